The lowest BCUT2D eigenvalue weighted by molar-refractivity contribution is 0.660. The third-order valence-corrected chi connectivity index (χ3v) is 11.1. The summed E-state index contributed by atoms with van der Waals surface area (Å²) in [5.74, 6) is 0. The Balaban J connectivity index is 1.14. The van der Waals surface area contributed by atoms with Crippen molar-refractivity contribution < 1.29 is 4.42 Å². The number of benzene rings is 8. The second-order valence-electron chi connectivity index (χ2n) is 14.5. The van der Waals surface area contributed by atoms with E-state index in [-0.39, 0.29) is 5.41 Å². The highest BCUT2D eigenvalue weighted by molar-refractivity contribution is 6.13. The summed E-state index contributed by atoms with van der Waals surface area (Å²) in [6.45, 7) is 4.71. The average Bonchev–Trinajstić information content (AvgIpc) is 3.71. The van der Waals surface area contributed by atoms with Crippen LogP contribution in [0.25, 0.3) is 66.4 Å². The van der Waals surface area contributed by atoms with Crippen LogP contribution < -0.4 is 4.90 Å². The van der Waals surface area contributed by atoms with Gasteiger partial charge in [0, 0.05) is 22.2 Å². The minimum absolute atomic E-state index is 0.128. The third kappa shape index (κ3) is 5.10. The Labute approximate surface area is 310 Å². The van der Waals surface area contributed by atoms with Gasteiger partial charge in [0.25, 0.3) is 0 Å². The fourth-order valence-electron chi connectivity index (χ4n) is 8.45. The van der Waals surface area contributed by atoms with E-state index in [0.29, 0.717) is 0 Å². The van der Waals surface area contributed by atoms with Gasteiger partial charge in [-0.3, -0.25) is 0 Å². The van der Waals surface area contributed by atoms with E-state index in [1.54, 1.807) is 0 Å². The zero-order valence-electron chi connectivity index (χ0n) is 29.8. The van der Waals surface area contributed by atoms with Crippen LogP contribution in [0.5, 0.6) is 0 Å². The SMILES string of the molecule is CC1(C)c2ccc(N(c3ccc(-c4ccc(-c5ccccc5)cc4)cc3)c3cccc4oc5ccccc5c34)cc2-c2c(-c3ccccc3)cccc21. The summed E-state index contributed by atoms with van der Waals surface area (Å²) in [5.41, 5.74) is 17.5. The van der Waals surface area contributed by atoms with Gasteiger partial charge in [-0.05, 0) is 98.1 Å². The molecule has 0 N–H and O–H groups in total. The minimum atomic E-state index is -0.128. The Kier molecular flexibility index (Phi) is 7.19. The number of furan rings is 1. The molecule has 9 aromatic rings. The molecular weight excluding hydrogens is 643 g/mol. The van der Waals surface area contributed by atoms with E-state index in [0.717, 1.165) is 39.0 Å². The summed E-state index contributed by atoms with van der Waals surface area (Å²) in [4.78, 5) is 2.41. The third-order valence-electron chi connectivity index (χ3n) is 11.1. The van der Waals surface area contributed by atoms with Crippen molar-refractivity contribution in [2.24, 2.45) is 0 Å². The fourth-order valence-corrected chi connectivity index (χ4v) is 8.45. The molecule has 1 aliphatic carbocycles. The smallest absolute Gasteiger partial charge is 0.137 e. The van der Waals surface area contributed by atoms with Gasteiger partial charge in [0.05, 0.1) is 11.1 Å². The summed E-state index contributed by atoms with van der Waals surface area (Å²) < 4.78 is 6.42. The molecule has 1 heterocycles. The molecule has 0 spiro atoms. The van der Waals surface area contributed by atoms with Crippen molar-refractivity contribution in [3.05, 3.63) is 199 Å². The molecular formula is C51H37NO. The Morgan fingerprint density at radius 1 is 0.415 bits per heavy atom. The molecule has 1 aromatic heterocycles. The highest BCUT2D eigenvalue weighted by atomic mass is 16.3. The van der Waals surface area contributed by atoms with Crippen molar-refractivity contribution in [3.8, 4) is 44.5 Å². The van der Waals surface area contributed by atoms with Gasteiger partial charge in [-0.15, -0.1) is 0 Å². The molecule has 0 atom stereocenters. The van der Waals surface area contributed by atoms with Gasteiger partial charge in [-0.1, -0.05) is 159 Å². The summed E-state index contributed by atoms with van der Waals surface area (Å²) in [6.07, 6.45) is 0. The molecule has 1 aliphatic rings. The van der Waals surface area contributed by atoms with E-state index < -0.39 is 0 Å². The standard InChI is InChI=1S/C51H37NO/c1-51(2)44-32-31-40(33-43(44)49-41(18-11-19-45(49)51)38-15-7-4-8-16-38)52(46-20-12-22-48-50(46)42-17-9-10-21-47(42)53-48)39-29-27-37(28-30-39)36-25-23-35(24-26-36)34-13-5-3-6-14-34/h3-33H,1-2H3. The molecule has 10 rings (SSSR count). The van der Waals surface area contributed by atoms with Crippen LogP contribution in [0.1, 0.15) is 25.0 Å². The molecule has 0 saturated heterocycles. The monoisotopic (exact) mass is 679 g/mol. The van der Waals surface area contributed by atoms with Crippen LogP contribution in [0.15, 0.2) is 192 Å². The van der Waals surface area contributed by atoms with Crippen LogP contribution in [0.4, 0.5) is 17.1 Å². The van der Waals surface area contributed by atoms with Gasteiger partial charge in [0.1, 0.15) is 11.2 Å². The lowest BCUT2D eigenvalue weighted by Crippen LogP contribution is -2.15. The molecule has 0 bridgehead atoms. The molecule has 8 aromatic carbocycles. The predicted molar refractivity (Wildman–Crippen MR) is 222 cm³/mol. The molecule has 0 aliphatic heterocycles. The predicted octanol–water partition coefficient (Wildman–Crippen LogP) is 14.4. The second kappa shape index (κ2) is 12.3. The molecule has 252 valence electrons. The number of nitrogens with zero attached hydrogens (tertiary/aromatic N) is 1. The molecule has 0 saturated carbocycles. The molecule has 0 amide bonds. The van der Waals surface area contributed by atoms with E-state index in [2.05, 4.69) is 201 Å². The molecule has 0 fully saturated rings. The molecule has 53 heavy (non-hydrogen) atoms. The van der Waals surface area contributed by atoms with Gasteiger partial charge >= 0.3 is 0 Å². The number of anilines is 3. The summed E-state index contributed by atoms with van der Waals surface area (Å²) >= 11 is 0. The van der Waals surface area contributed by atoms with Gasteiger partial charge < -0.3 is 9.32 Å². The maximum Gasteiger partial charge on any atom is 0.137 e. The zero-order valence-corrected chi connectivity index (χ0v) is 29.8. The first-order valence-corrected chi connectivity index (χ1v) is 18.3. The van der Waals surface area contributed by atoms with Crippen molar-refractivity contribution in [2.45, 2.75) is 19.3 Å². The lowest BCUT2D eigenvalue weighted by Gasteiger charge is -2.28. The largest absolute Gasteiger partial charge is 0.456 e. The highest BCUT2D eigenvalue weighted by Gasteiger charge is 2.37. The van der Waals surface area contributed by atoms with Crippen molar-refractivity contribution in [3.63, 3.8) is 0 Å². The van der Waals surface area contributed by atoms with Crippen LogP contribution in [0.3, 0.4) is 0 Å². The summed E-state index contributed by atoms with van der Waals surface area (Å²) in [7, 11) is 0. The maximum absolute atomic E-state index is 6.42. The molecule has 2 nitrogen and oxygen atoms in total. The topological polar surface area (TPSA) is 16.4 Å². The number of fused-ring (bicyclic) bond motifs is 6. The van der Waals surface area contributed by atoms with Crippen LogP contribution in [-0.4, -0.2) is 0 Å². The van der Waals surface area contributed by atoms with Crippen LogP contribution >= 0.6 is 0 Å². The van der Waals surface area contributed by atoms with E-state index in [1.807, 2.05) is 6.07 Å². The van der Waals surface area contributed by atoms with E-state index in [4.69, 9.17) is 4.42 Å². The van der Waals surface area contributed by atoms with Crippen LogP contribution in [0, 0.1) is 0 Å². The zero-order chi connectivity index (χ0) is 35.5. The van der Waals surface area contributed by atoms with Crippen LogP contribution in [0.2, 0.25) is 0 Å². The molecule has 0 radical (unpaired) electrons. The van der Waals surface area contributed by atoms with Crippen LogP contribution in [-0.2, 0) is 5.41 Å². The first kappa shape index (κ1) is 31.1. The molecule has 2 heteroatoms. The van der Waals surface area contributed by atoms with Crippen molar-refractivity contribution in [1.29, 1.82) is 0 Å². The molecule has 0 unspecified atom stereocenters. The maximum atomic E-state index is 6.42. The van der Waals surface area contributed by atoms with Gasteiger partial charge in [0.15, 0.2) is 0 Å². The number of para-hydroxylation sites is 1. The fraction of sp³-hybridized carbons (Fsp3) is 0.0588. The van der Waals surface area contributed by atoms with Gasteiger partial charge in [-0.25, -0.2) is 0 Å². The average molecular weight is 680 g/mol. The number of hydrogen-bond acceptors (Lipinski definition) is 2. The quantitative estimate of drug-likeness (QED) is 0.174. The van der Waals surface area contributed by atoms with Crippen molar-refractivity contribution in [2.75, 3.05) is 4.90 Å². The van der Waals surface area contributed by atoms with Gasteiger partial charge in [0.2, 0.25) is 0 Å². The lowest BCUT2D eigenvalue weighted by atomic mass is 9.82. The first-order valence-electron chi connectivity index (χ1n) is 18.3. The Bertz CT molecular complexity index is 2780. The number of hydrogen-bond donors (Lipinski definition) is 0. The van der Waals surface area contributed by atoms with Crippen molar-refractivity contribution >= 4 is 39.0 Å². The highest BCUT2D eigenvalue weighted by Crippen LogP contribution is 2.54. The Morgan fingerprint density at radius 3 is 1.70 bits per heavy atom. The van der Waals surface area contributed by atoms with E-state index >= 15 is 0 Å². The summed E-state index contributed by atoms with van der Waals surface area (Å²) in [6, 6.07) is 67.8. The normalized spacial score (nSPS) is 12.9. The summed E-state index contributed by atoms with van der Waals surface area (Å²) in [5, 5.41) is 2.21. The van der Waals surface area contributed by atoms with Crippen molar-refractivity contribution in [1.82, 2.24) is 0 Å². The second-order valence-corrected chi connectivity index (χ2v) is 14.5. The Morgan fingerprint density at radius 2 is 0.981 bits per heavy atom. The van der Waals surface area contributed by atoms with Gasteiger partial charge in [-0.2, -0.15) is 0 Å². The Hall–Kier alpha value is -6.64. The van der Waals surface area contributed by atoms with E-state index in [9.17, 15) is 0 Å². The minimum Gasteiger partial charge on any atom is -0.456 e. The number of rotatable bonds is 6. The first-order chi connectivity index (χ1) is 26.0. The van der Waals surface area contributed by atoms with E-state index in [1.165, 1.54) is 55.6 Å².